The Bertz CT molecular complexity index is 807. The number of aromatic nitrogens is 1. The van der Waals surface area contributed by atoms with Gasteiger partial charge in [0.1, 0.15) is 5.58 Å². The van der Waals surface area contributed by atoms with E-state index < -0.39 is 0 Å². The summed E-state index contributed by atoms with van der Waals surface area (Å²) >= 11 is 0. The zero-order valence-corrected chi connectivity index (χ0v) is 12.7. The van der Waals surface area contributed by atoms with Crippen LogP contribution in [0.3, 0.4) is 0 Å². The number of benzene rings is 1. The molecular formula is C18H18N2O2. The highest BCUT2D eigenvalue weighted by Gasteiger charge is 2.12. The van der Waals surface area contributed by atoms with E-state index in [0.717, 1.165) is 33.2 Å². The number of aryl methyl sites for hydroxylation is 2. The number of nitrogens with one attached hydrogen (secondary N) is 1. The van der Waals surface area contributed by atoms with Gasteiger partial charge < -0.3 is 9.73 Å². The number of pyridine rings is 1. The maximum absolute atomic E-state index is 12.1. The molecule has 3 aromatic rings. The van der Waals surface area contributed by atoms with Crippen LogP contribution in [0.15, 0.2) is 47.3 Å². The van der Waals surface area contributed by atoms with Crippen LogP contribution in [0.4, 0.5) is 0 Å². The smallest absolute Gasteiger partial charge is 0.224 e. The fraction of sp³-hybridized carbons (Fsp3) is 0.222. The average Bonchev–Trinajstić information content (AvgIpc) is 2.89. The zero-order chi connectivity index (χ0) is 15.5. The van der Waals surface area contributed by atoms with E-state index in [-0.39, 0.29) is 5.91 Å². The number of fused-ring (bicyclic) bond motifs is 1. The molecule has 22 heavy (non-hydrogen) atoms. The first-order valence-corrected chi connectivity index (χ1v) is 7.26. The molecule has 0 bridgehead atoms. The minimum atomic E-state index is -0.0144. The Morgan fingerprint density at radius 1 is 1.23 bits per heavy atom. The number of rotatable bonds is 4. The van der Waals surface area contributed by atoms with Gasteiger partial charge in [-0.2, -0.15) is 0 Å². The molecule has 4 heteroatoms. The molecule has 3 rings (SSSR count). The fourth-order valence-corrected chi connectivity index (χ4v) is 2.69. The highest BCUT2D eigenvalue weighted by Crippen LogP contribution is 2.26. The molecule has 2 heterocycles. The number of carbonyl (C=O) groups excluding carboxylic acids is 1. The van der Waals surface area contributed by atoms with Gasteiger partial charge in [0.2, 0.25) is 5.91 Å². The maximum Gasteiger partial charge on any atom is 0.224 e. The number of amides is 1. The third kappa shape index (κ3) is 3.01. The molecule has 0 saturated heterocycles. The highest BCUT2D eigenvalue weighted by molar-refractivity contribution is 5.90. The van der Waals surface area contributed by atoms with Crippen LogP contribution in [0.1, 0.15) is 22.3 Å². The van der Waals surface area contributed by atoms with Crippen LogP contribution in [0, 0.1) is 13.8 Å². The number of nitrogens with zero attached hydrogens (tertiary/aromatic N) is 1. The third-order valence-corrected chi connectivity index (χ3v) is 3.68. The second-order valence-corrected chi connectivity index (χ2v) is 5.52. The average molecular weight is 294 g/mol. The standard InChI is InChI=1S/C18H18N2O2/c1-12-7-13(2)18-15(11-22-16(18)8-12)9-17(21)20-10-14-3-5-19-6-4-14/h3-8,11H,9-10H2,1-2H3,(H,20,21). The van der Waals surface area contributed by atoms with Crippen molar-refractivity contribution in [3.05, 3.63) is 65.2 Å². The largest absolute Gasteiger partial charge is 0.464 e. The van der Waals surface area contributed by atoms with Gasteiger partial charge in [-0.1, -0.05) is 6.07 Å². The van der Waals surface area contributed by atoms with E-state index in [4.69, 9.17) is 4.42 Å². The predicted molar refractivity (Wildman–Crippen MR) is 85.5 cm³/mol. The van der Waals surface area contributed by atoms with E-state index in [1.165, 1.54) is 0 Å². The zero-order valence-electron chi connectivity index (χ0n) is 12.7. The van der Waals surface area contributed by atoms with Crippen LogP contribution < -0.4 is 5.32 Å². The van der Waals surface area contributed by atoms with E-state index in [0.29, 0.717) is 13.0 Å². The topological polar surface area (TPSA) is 55.1 Å². The number of carbonyl (C=O) groups is 1. The van der Waals surface area contributed by atoms with E-state index in [1.807, 2.05) is 32.0 Å². The molecule has 1 N–H and O–H groups in total. The lowest BCUT2D eigenvalue weighted by Gasteiger charge is -2.05. The van der Waals surface area contributed by atoms with E-state index in [2.05, 4.69) is 16.4 Å². The summed E-state index contributed by atoms with van der Waals surface area (Å²) in [5.74, 6) is -0.0144. The Morgan fingerprint density at radius 2 is 2.00 bits per heavy atom. The van der Waals surface area contributed by atoms with Gasteiger partial charge in [-0.3, -0.25) is 9.78 Å². The highest BCUT2D eigenvalue weighted by atomic mass is 16.3. The molecule has 4 nitrogen and oxygen atoms in total. The number of furan rings is 1. The normalized spacial score (nSPS) is 10.8. The summed E-state index contributed by atoms with van der Waals surface area (Å²) in [6.07, 6.45) is 5.44. The van der Waals surface area contributed by atoms with E-state index >= 15 is 0 Å². The summed E-state index contributed by atoms with van der Waals surface area (Å²) in [4.78, 5) is 16.1. The van der Waals surface area contributed by atoms with Crippen molar-refractivity contribution in [3.8, 4) is 0 Å². The van der Waals surface area contributed by atoms with Crippen molar-refractivity contribution in [2.24, 2.45) is 0 Å². The van der Waals surface area contributed by atoms with Crippen LogP contribution in [0.2, 0.25) is 0 Å². The van der Waals surface area contributed by atoms with Gasteiger partial charge >= 0.3 is 0 Å². The van der Waals surface area contributed by atoms with Gasteiger partial charge in [-0.05, 0) is 48.7 Å². The first-order valence-electron chi connectivity index (χ1n) is 7.26. The lowest BCUT2D eigenvalue weighted by atomic mass is 10.0. The summed E-state index contributed by atoms with van der Waals surface area (Å²) in [5, 5.41) is 3.97. The Morgan fingerprint density at radius 3 is 2.77 bits per heavy atom. The quantitative estimate of drug-likeness (QED) is 0.803. The van der Waals surface area contributed by atoms with Crippen molar-refractivity contribution in [1.82, 2.24) is 10.3 Å². The molecule has 0 aliphatic carbocycles. The summed E-state index contributed by atoms with van der Waals surface area (Å²) in [7, 11) is 0. The van der Waals surface area contributed by atoms with Gasteiger partial charge in [0, 0.05) is 29.9 Å². The molecule has 0 spiro atoms. The number of hydrogen-bond acceptors (Lipinski definition) is 3. The predicted octanol–water partition coefficient (Wildman–Crippen LogP) is 3.30. The monoisotopic (exact) mass is 294 g/mol. The molecule has 112 valence electrons. The second-order valence-electron chi connectivity index (χ2n) is 5.52. The lowest BCUT2D eigenvalue weighted by Crippen LogP contribution is -2.24. The van der Waals surface area contributed by atoms with Crippen molar-refractivity contribution in [1.29, 1.82) is 0 Å². The first kappa shape index (κ1) is 14.3. The Kier molecular flexibility index (Phi) is 3.92. The van der Waals surface area contributed by atoms with Crippen LogP contribution in [-0.4, -0.2) is 10.9 Å². The number of hydrogen-bond donors (Lipinski definition) is 1. The van der Waals surface area contributed by atoms with Gasteiger partial charge in [-0.15, -0.1) is 0 Å². The Labute approximate surface area is 129 Å². The van der Waals surface area contributed by atoms with Crippen LogP contribution >= 0.6 is 0 Å². The maximum atomic E-state index is 12.1. The second kappa shape index (κ2) is 6.02. The van der Waals surface area contributed by atoms with Gasteiger partial charge in [0.15, 0.2) is 0 Å². The third-order valence-electron chi connectivity index (χ3n) is 3.68. The van der Waals surface area contributed by atoms with Crippen molar-refractivity contribution in [3.63, 3.8) is 0 Å². The molecule has 0 aliphatic rings. The minimum absolute atomic E-state index is 0.0144. The molecule has 0 atom stereocenters. The summed E-state index contributed by atoms with van der Waals surface area (Å²) in [6, 6.07) is 7.89. The Balaban J connectivity index is 1.72. The van der Waals surface area contributed by atoms with E-state index in [9.17, 15) is 4.79 Å². The molecule has 0 saturated carbocycles. The molecular weight excluding hydrogens is 276 g/mol. The van der Waals surface area contributed by atoms with Gasteiger partial charge in [-0.25, -0.2) is 0 Å². The molecule has 2 aromatic heterocycles. The van der Waals surface area contributed by atoms with Crippen molar-refractivity contribution in [2.45, 2.75) is 26.8 Å². The molecule has 1 amide bonds. The summed E-state index contributed by atoms with van der Waals surface area (Å²) in [6.45, 7) is 4.59. The van der Waals surface area contributed by atoms with Crippen molar-refractivity contribution >= 4 is 16.9 Å². The SMILES string of the molecule is Cc1cc(C)c2c(CC(=O)NCc3ccncc3)coc2c1. The van der Waals surface area contributed by atoms with Crippen LogP contribution in [0.25, 0.3) is 11.0 Å². The summed E-state index contributed by atoms with van der Waals surface area (Å²) in [5.41, 5.74) is 5.11. The van der Waals surface area contributed by atoms with E-state index in [1.54, 1.807) is 18.7 Å². The lowest BCUT2D eigenvalue weighted by molar-refractivity contribution is -0.120. The Hall–Kier alpha value is -2.62. The minimum Gasteiger partial charge on any atom is -0.464 e. The molecule has 0 fully saturated rings. The molecule has 0 unspecified atom stereocenters. The molecule has 0 aliphatic heterocycles. The van der Waals surface area contributed by atoms with Crippen LogP contribution in [0.5, 0.6) is 0 Å². The van der Waals surface area contributed by atoms with Gasteiger partial charge in [0.05, 0.1) is 12.7 Å². The van der Waals surface area contributed by atoms with Crippen LogP contribution in [-0.2, 0) is 17.8 Å². The molecule has 0 radical (unpaired) electrons. The van der Waals surface area contributed by atoms with Crippen molar-refractivity contribution in [2.75, 3.05) is 0 Å². The van der Waals surface area contributed by atoms with Gasteiger partial charge in [0.25, 0.3) is 0 Å². The van der Waals surface area contributed by atoms with Crippen molar-refractivity contribution < 1.29 is 9.21 Å². The fourth-order valence-electron chi connectivity index (χ4n) is 2.69. The molecule has 1 aromatic carbocycles. The summed E-state index contributed by atoms with van der Waals surface area (Å²) < 4.78 is 5.59. The first-order chi connectivity index (χ1) is 10.6.